The summed E-state index contributed by atoms with van der Waals surface area (Å²) in [6.07, 6.45) is 1.81. The Labute approximate surface area is 134 Å². The van der Waals surface area contributed by atoms with E-state index >= 15 is 0 Å². The summed E-state index contributed by atoms with van der Waals surface area (Å²) in [6, 6.07) is 0. The molecule has 4 bridgehead atoms. The highest BCUT2D eigenvalue weighted by atomic mass is 16.6. The third kappa shape index (κ3) is 1.41. The summed E-state index contributed by atoms with van der Waals surface area (Å²) < 4.78 is 4.90. The Morgan fingerprint density at radius 3 is 1.57 bits per heavy atom. The van der Waals surface area contributed by atoms with E-state index in [4.69, 9.17) is 4.74 Å². The van der Waals surface area contributed by atoms with Crippen molar-refractivity contribution in [2.24, 2.45) is 59.2 Å². The first kappa shape index (κ1) is 13.9. The number of carbonyl (C=O) groups is 4. The van der Waals surface area contributed by atoms with Crippen LogP contribution in [0.3, 0.4) is 0 Å². The van der Waals surface area contributed by atoms with Gasteiger partial charge in [0.05, 0.1) is 11.8 Å². The molecule has 1 saturated heterocycles. The minimum atomic E-state index is -0.351. The molecule has 10 atom stereocenters. The van der Waals surface area contributed by atoms with Crippen LogP contribution < -0.4 is 0 Å². The number of ether oxygens (including phenoxy) is 1. The van der Waals surface area contributed by atoms with Crippen LogP contribution in [0.5, 0.6) is 0 Å². The number of fused-ring (bicyclic) bond motifs is 12. The number of hydrogen-bond acceptors (Lipinski definition) is 5. The molecule has 0 aromatic carbocycles. The van der Waals surface area contributed by atoms with Gasteiger partial charge in [-0.1, -0.05) is 0 Å². The smallest absolute Gasteiger partial charge is 0.317 e. The largest absolute Gasteiger partial charge is 0.393 e. The highest BCUT2D eigenvalue weighted by Gasteiger charge is 2.74. The molecule has 122 valence electrons. The summed E-state index contributed by atoms with van der Waals surface area (Å²) in [7, 11) is 0. The molecule has 0 amide bonds. The van der Waals surface area contributed by atoms with E-state index in [9.17, 15) is 19.2 Å². The molecule has 1 heterocycles. The quantitative estimate of drug-likeness (QED) is 0.435. The van der Waals surface area contributed by atoms with Gasteiger partial charge in [0.1, 0.15) is 11.6 Å². The van der Waals surface area contributed by atoms with Crippen LogP contribution in [0.2, 0.25) is 0 Å². The van der Waals surface area contributed by atoms with Gasteiger partial charge in [-0.3, -0.25) is 19.2 Å². The molecule has 5 rings (SSSR count). The molecule has 4 saturated carbocycles. The van der Waals surface area contributed by atoms with Crippen molar-refractivity contribution in [3.8, 4) is 0 Å². The van der Waals surface area contributed by atoms with Crippen LogP contribution >= 0.6 is 0 Å². The Bertz CT molecular complexity index is 612. The second-order valence-corrected chi connectivity index (χ2v) is 8.35. The van der Waals surface area contributed by atoms with Gasteiger partial charge in [0.15, 0.2) is 0 Å². The van der Waals surface area contributed by atoms with Crippen molar-refractivity contribution in [1.29, 1.82) is 0 Å². The number of ketones is 2. The van der Waals surface area contributed by atoms with Crippen LogP contribution in [-0.2, 0) is 23.9 Å². The van der Waals surface area contributed by atoms with E-state index in [0.717, 1.165) is 12.8 Å². The number of carbonyl (C=O) groups excluding carboxylic acids is 4. The lowest BCUT2D eigenvalue weighted by Crippen LogP contribution is -2.47. The minimum Gasteiger partial charge on any atom is -0.393 e. The van der Waals surface area contributed by atoms with Gasteiger partial charge >= 0.3 is 11.9 Å². The van der Waals surface area contributed by atoms with Crippen molar-refractivity contribution < 1.29 is 23.9 Å². The second-order valence-electron chi connectivity index (χ2n) is 8.35. The van der Waals surface area contributed by atoms with Crippen molar-refractivity contribution in [2.45, 2.75) is 26.7 Å². The molecule has 0 aromatic rings. The summed E-state index contributed by atoms with van der Waals surface area (Å²) in [6.45, 7) is 3.19. The van der Waals surface area contributed by atoms with Gasteiger partial charge in [0, 0.05) is 11.8 Å². The predicted molar refractivity (Wildman–Crippen MR) is 76.6 cm³/mol. The van der Waals surface area contributed by atoms with E-state index in [2.05, 4.69) is 0 Å². The Morgan fingerprint density at radius 2 is 1.17 bits per heavy atom. The van der Waals surface area contributed by atoms with E-state index in [1.54, 1.807) is 13.8 Å². The van der Waals surface area contributed by atoms with E-state index in [0.29, 0.717) is 11.8 Å². The van der Waals surface area contributed by atoms with Gasteiger partial charge < -0.3 is 4.74 Å². The van der Waals surface area contributed by atoms with E-state index in [1.807, 2.05) is 0 Å². The van der Waals surface area contributed by atoms with E-state index in [1.165, 1.54) is 0 Å². The van der Waals surface area contributed by atoms with Crippen molar-refractivity contribution in [2.75, 3.05) is 0 Å². The highest BCUT2D eigenvalue weighted by molar-refractivity contribution is 5.98. The Hall–Kier alpha value is -1.52. The first-order chi connectivity index (χ1) is 10.9. The molecule has 0 aromatic heterocycles. The third-order valence-electron chi connectivity index (χ3n) is 7.81. The lowest BCUT2D eigenvalue weighted by atomic mass is 9.58. The number of hydrogen-bond donors (Lipinski definition) is 0. The fraction of sp³-hybridized carbons (Fsp3) is 0.778. The number of esters is 2. The normalized spacial score (nSPS) is 55.0. The van der Waals surface area contributed by atoms with Crippen LogP contribution in [0.4, 0.5) is 0 Å². The van der Waals surface area contributed by atoms with Gasteiger partial charge in [-0.25, -0.2) is 0 Å². The molecule has 0 N–H and O–H groups in total. The molecule has 0 radical (unpaired) electrons. The van der Waals surface area contributed by atoms with Crippen LogP contribution in [0.25, 0.3) is 0 Å². The predicted octanol–water partition coefficient (Wildman–Crippen LogP) is 1.24. The summed E-state index contributed by atoms with van der Waals surface area (Å²) in [4.78, 5) is 48.5. The maximum atomic E-state index is 12.2. The van der Waals surface area contributed by atoms with Crippen LogP contribution in [-0.4, -0.2) is 23.5 Å². The molecule has 5 fully saturated rings. The summed E-state index contributed by atoms with van der Waals surface area (Å²) >= 11 is 0. The van der Waals surface area contributed by atoms with Gasteiger partial charge in [-0.05, 0) is 62.2 Å². The summed E-state index contributed by atoms with van der Waals surface area (Å²) in [5, 5.41) is 0. The number of rotatable bonds is 2. The minimum absolute atomic E-state index is 0.112. The average molecular weight is 316 g/mol. The van der Waals surface area contributed by atoms with Crippen molar-refractivity contribution in [3.05, 3.63) is 0 Å². The number of Topliss-reactive ketones (excluding diaryl/α,β-unsaturated/α-hetero) is 2. The SMILES string of the molecule is CC(=O)C1C2CC(C3C4CC(C5C(=O)OC(=O)C45)C23)[C@@H]1C(C)=O. The fourth-order valence-corrected chi connectivity index (χ4v) is 7.63. The summed E-state index contributed by atoms with van der Waals surface area (Å²) in [5.41, 5.74) is 0. The Balaban J connectivity index is 1.57. The topological polar surface area (TPSA) is 77.5 Å². The maximum absolute atomic E-state index is 12.2. The molecule has 9 unspecified atom stereocenters. The maximum Gasteiger partial charge on any atom is 0.317 e. The Morgan fingerprint density at radius 1 is 0.783 bits per heavy atom. The van der Waals surface area contributed by atoms with Crippen molar-refractivity contribution in [1.82, 2.24) is 0 Å². The molecule has 4 aliphatic carbocycles. The highest BCUT2D eigenvalue weighted by Crippen LogP contribution is 2.73. The average Bonchev–Trinajstić information content (AvgIpc) is 3.21. The monoisotopic (exact) mass is 316 g/mol. The molecular formula is C18H20O5. The van der Waals surface area contributed by atoms with Crippen LogP contribution in [0.15, 0.2) is 0 Å². The molecule has 5 heteroatoms. The van der Waals surface area contributed by atoms with Gasteiger partial charge in [0.2, 0.25) is 0 Å². The standard InChI is InChI=1S/C18H20O5/c1-5(19)11-7-3-8(12(11)6(2)20)14-10-4-9(13(7)14)15-16(10)18(22)23-17(15)21/h7-16H,3-4H2,1-2H3/t7?,8?,9?,10?,11-,12?,13?,14?,15?,16?/m0/s1. The van der Waals surface area contributed by atoms with Gasteiger partial charge in [-0.2, -0.15) is 0 Å². The zero-order valence-corrected chi connectivity index (χ0v) is 13.2. The zero-order valence-electron chi connectivity index (χ0n) is 13.2. The molecule has 1 aliphatic heterocycles. The summed E-state index contributed by atoms with van der Waals surface area (Å²) in [5.74, 6) is 0.0587. The Kier molecular flexibility index (Phi) is 2.48. The van der Waals surface area contributed by atoms with Gasteiger partial charge in [0.25, 0.3) is 0 Å². The third-order valence-corrected chi connectivity index (χ3v) is 7.81. The fourth-order valence-electron chi connectivity index (χ4n) is 7.63. The molecule has 0 spiro atoms. The second kappa shape index (κ2) is 4.11. The van der Waals surface area contributed by atoms with E-state index in [-0.39, 0.29) is 70.8 Å². The first-order valence-corrected chi connectivity index (χ1v) is 8.68. The lowest BCUT2D eigenvalue weighted by molar-refractivity contribution is -0.154. The first-order valence-electron chi connectivity index (χ1n) is 8.68. The lowest BCUT2D eigenvalue weighted by Gasteiger charge is -2.43. The van der Waals surface area contributed by atoms with Crippen LogP contribution in [0, 0.1) is 59.2 Å². The van der Waals surface area contributed by atoms with Crippen molar-refractivity contribution in [3.63, 3.8) is 0 Å². The van der Waals surface area contributed by atoms with Gasteiger partial charge in [-0.15, -0.1) is 0 Å². The molecule has 23 heavy (non-hydrogen) atoms. The van der Waals surface area contributed by atoms with E-state index < -0.39 is 0 Å². The molecular weight excluding hydrogens is 296 g/mol. The molecule has 5 aliphatic rings. The zero-order chi connectivity index (χ0) is 16.2. The van der Waals surface area contributed by atoms with Crippen LogP contribution in [0.1, 0.15) is 26.7 Å². The number of cyclic esters (lactones) is 2. The van der Waals surface area contributed by atoms with Crippen molar-refractivity contribution >= 4 is 23.5 Å². The molecule has 5 nitrogen and oxygen atoms in total.